The molecule has 0 saturated carbocycles. The zero-order valence-corrected chi connectivity index (χ0v) is 19.7. The molecule has 0 N–H and O–H groups in total. The maximum absolute atomic E-state index is 5.97. The molecule has 1 aliphatic heterocycles. The average molecular weight is 408 g/mol. The highest BCUT2D eigenvalue weighted by Gasteiger charge is 2.40. The number of rotatable bonds is 12. The summed E-state index contributed by atoms with van der Waals surface area (Å²) in [6.45, 7) is 18.8. The molecular weight excluding hydrogens is 368 g/mol. The summed E-state index contributed by atoms with van der Waals surface area (Å²) in [5.74, 6) is 0. The number of benzene rings is 1. The molecule has 2 rings (SSSR count). The lowest BCUT2D eigenvalue weighted by molar-refractivity contribution is -0.530. The summed E-state index contributed by atoms with van der Waals surface area (Å²) in [6, 6.07) is 5.45. The van der Waals surface area contributed by atoms with E-state index in [-0.39, 0.29) is 0 Å². The van der Waals surface area contributed by atoms with Crippen LogP contribution < -0.4 is 0 Å². The summed E-state index contributed by atoms with van der Waals surface area (Å²) >= 11 is 0. The molecule has 1 aliphatic rings. The standard InChI is InChI=1S/C22H39N2O3Si/c1-7-25-28(26-8-2,27-9-3)14-10-11-23-12-13-24(18-23)17-22-20(5)15-19(4)16-21(22)6/h15-16,18H,7-14,17H2,1-6H3/q+1. The summed E-state index contributed by atoms with van der Waals surface area (Å²) in [5.41, 5.74) is 5.59. The van der Waals surface area contributed by atoms with Gasteiger partial charge < -0.3 is 13.3 Å². The molecule has 0 spiro atoms. The SMILES string of the molecule is CCO[Si](CCCN1C=[N+](Cc2c(C)cc(C)cc2C)CC1)(OCC)OCC. The van der Waals surface area contributed by atoms with E-state index >= 15 is 0 Å². The maximum atomic E-state index is 5.97. The number of hydrogen-bond donors (Lipinski definition) is 0. The molecular formula is C22H39N2O3Si+. The van der Waals surface area contributed by atoms with Crippen LogP contribution in [0.3, 0.4) is 0 Å². The molecule has 5 nitrogen and oxygen atoms in total. The molecule has 1 aromatic rings. The lowest BCUT2D eigenvalue weighted by Crippen LogP contribution is -2.46. The van der Waals surface area contributed by atoms with E-state index in [1.807, 2.05) is 20.8 Å². The predicted molar refractivity (Wildman–Crippen MR) is 117 cm³/mol. The molecule has 0 fully saturated rings. The first-order valence-corrected chi connectivity index (χ1v) is 12.7. The fourth-order valence-electron chi connectivity index (χ4n) is 4.06. The van der Waals surface area contributed by atoms with E-state index in [2.05, 4.69) is 48.7 Å². The van der Waals surface area contributed by atoms with Crippen LogP contribution >= 0.6 is 0 Å². The largest absolute Gasteiger partial charge is 0.501 e. The third-order valence-electron chi connectivity index (χ3n) is 5.22. The molecule has 28 heavy (non-hydrogen) atoms. The molecule has 0 unspecified atom stereocenters. The van der Waals surface area contributed by atoms with Crippen LogP contribution in [0.4, 0.5) is 0 Å². The lowest BCUT2D eigenvalue weighted by Gasteiger charge is -2.28. The molecule has 0 radical (unpaired) electrons. The minimum Gasteiger partial charge on any atom is -0.374 e. The minimum atomic E-state index is -2.52. The van der Waals surface area contributed by atoms with Crippen LogP contribution in [-0.4, -0.2) is 64.1 Å². The van der Waals surface area contributed by atoms with Gasteiger partial charge in [0.05, 0.1) is 6.54 Å². The zero-order valence-electron chi connectivity index (χ0n) is 18.7. The van der Waals surface area contributed by atoms with E-state index < -0.39 is 8.80 Å². The molecule has 0 bridgehead atoms. The molecule has 0 aliphatic carbocycles. The normalized spacial score (nSPS) is 14.6. The van der Waals surface area contributed by atoms with Crippen molar-refractivity contribution in [3.05, 3.63) is 34.4 Å². The smallest absolute Gasteiger partial charge is 0.374 e. The molecule has 0 atom stereocenters. The van der Waals surface area contributed by atoms with Crippen molar-refractivity contribution < 1.29 is 17.9 Å². The average Bonchev–Trinajstić information content (AvgIpc) is 3.06. The molecule has 0 aromatic heterocycles. The summed E-state index contributed by atoms with van der Waals surface area (Å²) < 4.78 is 20.3. The first kappa shape index (κ1) is 23.1. The van der Waals surface area contributed by atoms with Gasteiger partial charge in [0.2, 0.25) is 6.34 Å². The highest BCUT2D eigenvalue weighted by molar-refractivity contribution is 6.60. The van der Waals surface area contributed by atoms with Gasteiger partial charge in [0.1, 0.15) is 19.6 Å². The fourth-order valence-corrected chi connectivity index (χ4v) is 6.65. The van der Waals surface area contributed by atoms with Gasteiger partial charge in [-0.25, -0.2) is 0 Å². The van der Waals surface area contributed by atoms with Gasteiger partial charge in [0, 0.05) is 25.9 Å². The Morgan fingerprint density at radius 2 is 1.54 bits per heavy atom. The van der Waals surface area contributed by atoms with Crippen molar-refractivity contribution in [2.45, 2.75) is 60.6 Å². The van der Waals surface area contributed by atoms with Gasteiger partial charge in [0.25, 0.3) is 0 Å². The van der Waals surface area contributed by atoms with E-state index in [0.29, 0.717) is 19.8 Å². The first-order valence-electron chi connectivity index (χ1n) is 10.7. The Morgan fingerprint density at radius 3 is 2.07 bits per heavy atom. The van der Waals surface area contributed by atoms with Crippen LogP contribution in [0.5, 0.6) is 0 Å². The Kier molecular flexibility index (Phi) is 9.14. The summed E-state index contributed by atoms with van der Waals surface area (Å²) in [4.78, 5) is 2.42. The van der Waals surface area contributed by atoms with Gasteiger partial charge in [-0.3, -0.25) is 9.48 Å². The zero-order chi connectivity index (χ0) is 20.6. The third kappa shape index (κ3) is 6.41. The van der Waals surface area contributed by atoms with Gasteiger partial charge in [-0.1, -0.05) is 17.7 Å². The minimum absolute atomic E-state index is 0.644. The molecule has 1 heterocycles. The topological polar surface area (TPSA) is 33.9 Å². The fraction of sp³-hybridized carbons (Fsp3) is 0.682. The highest BCUT2D eigenvalue weighted by Crippen LogP contribution is 2.20. The second-order valence-electron chi connectivity index (χ2n) is 7.58. The Balaban J connectivity index is 1.91. The predicted octanol–water partition coefficient (Wildman–Crippen LogP) is 3.91. The van der Waals surface area contributed by atoms with Gasteiger partial charge in [-0.15, -0.1) is 0 Å². The first-order chi connectivity index (χ1) is 13.4. The summed E-state index contributed by atoms with van der Waals surface area (Å²) in [6.07, 6.45) is 3.32. The number of aryl methyl sites for hydroxylation is 3. The van der Waals surface area contributed by atoms with Crippen LogP contribution in [-0.2, 0) is 19.8 Å². The monoisotopic (exact) mass is 407 g/mol. The van der Waals surface area contributed by atoms with Crippen molar-refractivity contribution >= 4 is 15.1 Å². The van der Waals surface area contributed by atoms with E-state index in [1.54, 1.807) is 0 Å². The summed E-state index contributed by atoms with van der Waals surface area (Å²) in [7, 11) is -2.52. The Bertz CT molecular complexity index is 623. The maximum Gasteiger partial charge on any atom is 0.501 e. The van der Waals surface area contributed by atoms with Gasteiger partial charge >= 0.3 is 8.80 Å². The van der Waals surface area contributed by atoms with Crippen LogP contribution in [0.2, 0.25) is 6.04 Å². The lowest BCUT2D eigenvalue weighted by atomic mass is 10.00. The molecule has 0 amide bonds. The summed E-state index contributed by atoms with van der Waals surface area (Å²) in [5, 5.41) is 0. The van der Waals surface area contributed by atoms with Crippen molar-refractivity contribution in [3.8, 4) is 0 Å². The van der Waals surface area contributed by atoms with Crippen LogP contribution in [0.15, 0.2) is 12.1 Å². The van der Waals surface area contributed by atoms with Gasteiger partial charge in [-0.05, 0) is 64.7 Å². The second-order valence-corrected chi connectivity index (χ2v) is 10.3. The third-order valence-corrected chi connectivity index (χ3v) is 8.38. The molecule has 158 valence electrons. The molecule has 1 aromatic carbocycles. The Morgan fingerprint density at radius 1 is 0.964 bits per heavy atom. The van der Waals surface area contributed by atoms with E-state index in [1.165, 1.54) is 22.3 Å². The van der Waals surface area contributed by atoms with Gasteiger partial charge in [-0.2, -0.15) is 0 Å². The van der Waals surface area contributed by atoms with E-state index in [4.69, 9.17) is 13.3 Å². The van der Waals surface area contributed by atoms with Crippen LogP contribution in [0, 0.1) is 20.8 Å². The van der Waals surface area contributed by atoms with Crippen molar-refractivity contribution in [1.29, 1.82) is 0 Å². The van der Waals surface area contributed by atoms with Crippen molar-refractivity contribution in [1.82, 2.24) is 4.90 Å². The highest BCUT2D eigenvalue weighted by atomic mass is 28.4. The number of hydrogen-bond acceptors (Lipinski definition) is 4. The number of nitrogens with zero attached hydrogens (tertiary/aromatic N) is 2. The van der Waals surface area contributed by atoms with Crippen molar-refractivity contribution in [3.63, 3.8) is 0 Å². The molecule has 6 heteroatoms. The van der Waals surface area contributed by atoms with Crippen molar-refractivity contribution in [2.75, 3.05) is 39.5 Å². The second kappa shape index (κ2) is 11.1. The van der Waals surface area contributed by atoms with E-state index in [9.17, 15) is 0 Å². The molecule has 0 saturated heterocycles. The van der Waals surface area contributed by atoms with E-state index in [0.717, 1.165) is 38.6 Å². The Labute approximate surface area is 172 Å². The van der Waals surface area contributed by atoms with Gasteiger partial charge in [0.15, 0.2) is 0 Å². The quantitative estimate of drug-likeness (QED) is 0.389. The Hall–Kier alpha value is -1.21. The van der Waals surface area contributed by atoms with Crippen LogP contribution in [0.1, 0.15) is 49.4 Å². The van der Waals surface area contributed by atoms with Crippen LogP contribution in [0.25, 0.3) is 0 Å². The van der Waals surface area contributed by atoms with Crippen molar-refractivity contribution in [2.24, 2.45) is 0 Å².